The van der Waals surface area contributed by atoms with Crippen LogP contribution in [0.4, 0.5) is 28.0 Å². The zero-order valence-electron chi connectivity index (χ0n) is 20.5. The van der Waals surface area contributed by atoms with Gasteiger partial charge < -0.3 is 15.3 Å². The number of fused-ring (bicyclic) bond motifs is 1. The van der Waals surface area contributed by atoms with E-state index in [2.05, 4.69) is 15.4 Å². The number of halogens is 4. The number of alkyl halides is 3. The third-order valence-corrected chi connectivity index (χ3v) is 6.40. The van der Waals surface area contributed by atoms with Gasteiger partial charge in [0.1, 0.15) is 5.82 Å². The highest BCUT2D eigenvalue weighted by atomic mass is 19.4. The Hall–Kier alpha value is -4.74. The monoisotopic (exact) mass is 539 g/mol. The van der Waals surface area contributed by atoms with Gasteiger partial charge in [-0.2, -0.15) is 18.3 Å². The van der Waals surface area contributed by atoms with Crippen LogP contribution in [0.5, 0.6) is 0 Å². The molecule has 3 heterocycles. The molecule has 200 valence electrons. The number of nitrogens with one attached hydrogen (secondary N) is 1. The lowest BCUT2D eigenvalue weighted by Gasteiger charge is -2.27. The number of hydrogen-bond acceptors (Lipinski definition) is 4. The largest absolute Gasteiger partial charge is 0.465 e. The van der Waals surface area contributed by atoms with Gasteiger partial charge in [0.05, 0.1) is 40.4 Å². The molecule has 39 heavy (non-hydrogen) atoms. The fraction of sp³-hybridized carbons (Fsp3) is 0.185. The maximum absolute atomic E-state index is 15.0. The number of carboxylic acid groups (broad SMARTS) is 1. The van der Waals surface area contributed by atoms with Crippen LogP contribution in [0.2, 0.25) is 0 Å². The molecule has 0 unspecified atom stereocenters. The lowest BCUT2D eigenvalue weighted by atomic mass is 9.99. The Kier molecular flexibility index (Phi) is 6.54. The molecule has 0 saturated carbocycles. The first-order valence-corrected chi connectivity index (χ1v) is 11.8. The lowest BCUT2D eigenvalue weighted by Crippen LogP contribution is -2.35. The number of amides is 2. The van der Waals surface area contributed by atoms with E-state index in [1.807, 2.05) is 0 Å². The van der Waals surface area contributed by atoms with Crippen molar-refractivity contribution in [3.8, 4) is 22.5 Å². The normalized spacial score (nSPS) is 13.2. The van der Waals surface area contributed by atoms with E-state index >= 15 is 0 Å². The van der Waals surface area contributed by atoms with E-state index in [0.717, 1.165) is 6.07 Å². The van der Waals surface area contributed by atoms with Crippen molar-refractivity contribution in [2.45, 2.75) is 19.1 Å². The second-order valence-corrected chi connectivity index (χ2v) is 9.01. The van der Waals surface area contributed by atoms with Gasteiger partial charge in [0, 0.05) is 30.9 Å². The Morgan fingerprint density at radius 3 is 2.46 bits per heavy atom. The molecule has 2 aromatic heterocycles. The number of carbonyl (C=O) groups excluding carboxylic acids is 1. The van der Waals surface area contributed by atoms with Gasteiger partial charge in [0.25, 0.3) is 5.91 Å². The van der Waals surface area contributed by atoms with Crippen LogP contribution in [-0.4, -0.2) is 43.3 Å². The van der Waals surface area contributed by atoms with E-state index in [1.165, 1.54) is 28.9 Å². The molecular weight excluding hydrogens is 518 g/mol. The topological polar surface area (TPSA) is 100 Å². The van der Waals surface area contributed by atoms with Crippen molar-refractivity contribution in [2.24, 2.45) is 7.05 Å². The molecule has 2 N–H and O–H groups in total. The number of pyridine rings is 1. The number of benzene rings is 2. The fourth-order valence-electron chi connectivity index (χ4n) is 4.48. The third kappa shape index (κ3) is 5.17. The van der Waals surface area contributed by atoms with Crippen LogP contribution in [0, 0.1) is 5.82 Å². The highest BCUT2D eigenvalue weighted by Crippen LogP contribution is 2.38. The van der Waals surface area contributed by atoms with E-state index in [-0.39, 0.29) is 24.5 Å². The molecule has 0 aliphatic carbocycles. The SMILES string of the molecule is Cn1ccc(-c2cc(C(=O)Nc3cc4c(nc3-c3ccccc3)CN(C(=O)O)CC4)c(F)cc2C(F)(F)F)n1. The molecule has 0 fully saturated rings. The quantitative estimate of drug-likeness (QED) is 0.329. The zero-order chi connectivity index (χ0) is 27.9. The van der Waals surface area contributed by atoms with Crippen molar-refractivity contribution in [3.05, 3.63) is 89.0 Å². The summed E-state index contributed by atoms with van der Waals surface area (Å²) in [6.45, 7) is 0.281. The van der Waals surface area contributed by atoms with Gasteiger partial charge in [-0.15, -0.1) is 0 Å². The van der Waals surface area contributed by atoms with Crippen molar-refractivity contribution < 1.29 is 32.3 Å². The van der Waals surface area contributed by atoms with Gasteiger partial charge in [-0.1, -0.05) is 30.3 Å². The molecule has 0 bridgehead atoms. The van der Waals surface area contributed by atoms with E-state index < -0.39 is 40.7 Å². The van der Waals surface area contributed by atoms with Crippen LogP contribution < -0.4 is 5.32 Å². The average Bonchev–Trinajstić information content (AvgIpc) is 3.33. The minimum Gasteiger partial charge on any atom is -0.465 e. The van der Waals surface area contributed by atoms with Crippen molar-refractivity contribution in [1.82, 2.24) is 19.7 Å². The summed E-state index contributed by atoms with van der Waals surface area (Å²) in [7, 11) is 1.53. The second-order valence-electron chi connectivity index (χ2n) is 9.01. The predicted octanol–water partition coefficient (Wildman–Crippen LogP) is 5.60. The van der Waals surface area contributed by atoms with Gasteiger partial charge in [-0.05, 0) is 36.2 Å². The molecular formula is C27H21F4N5O3. The first-order valence-electron chi connectivity index (χ1n) is 11.8. The predicted molar refractivity (Wildman–Crippen MR) is 133 cm³/mol. The van der Waals surface area contributed by atoms with E-state index in [0.29, 0.717) is 35.0 Å². The molecule has 0 saturated heterocycles. The smallest absolute Gasteiger partial charge is 0.417 e. The molecule has 0 atom stereocenters. The molecule has 5 rings (SSSR count). The van der Waals surface area contributed by atoms with Crippen LogP contribution in [0.3, 0.4) is 0 Å². The number of anilines is 1. The Morgan fingerprint density at radius 2 is 1.82 bits per heavy atom. The van der Waals surface area contributed by atoms with Crippen molar-refractivity contribution in [3.63, 3.8) is 0 Å². The van der Waals surface area contributed by atoms with E-state index in [4.69, 9.17) is 0 Å². The van der Waals surface area contributed by atoms with Crippen molar-refractivity contribution in [1.29, 1.82) is 0 Å². The third-order valence-electron chi connectivity index (χ3n) is 6.40. The van der Waals surface area contributed by atoms with Crippen LogP contribution in [0.25, 0.3) is 22.5 Å². The summed E-state index contributed by atoms with van der Waals surface area (Å²) in [6, 6.07) is 12.9. The number of hydrogen-bond donors (Lipinski definition) is 2. The molecule has 1 aliphatic heterocycles. The van der Waals surface area contributed by atoms with Crippen LogP contribution in [0.1, 0.15) is 27.2 Å². The Labute approximate surface area is 219 Å². The van der Waals surface area contributed by atoms with E-state index in [1.54, 1.807) is 36.4 Å². The summed E-state index contributed by atoms with van der Waals surface area (Å²) in [5.74, 6) is -2.32. The minimum absolute atomic E-state index is 0.0553. The summed E-state index contributed by atoms with van der Waals surface area (Å²) >= 11 is 0. The molecule has 12 heteroatoms. The first kappa shape index (κ1) is 25.9. The van der Waals surface area contributed by atoms with Gasteiger partial charge in [-0.25, -0.2) is 14.2 Å². The number of aromatic nitrogens is 3. The Morgan fingerprint density at radius 1 is 1.08 bits per heavy atom. The Balaban J connectivity index is 1.57. The summed E-state index contributed by atoms with van der Waals surface area (Å²) < 4.78 is 57.5. The zero-order valence-corrected chi connectivity index (χ0v) is 20.5. The molecule has 2 amide bonds. The molecule has 0 spiro atoms. The van der Waals surface area contributed by atoms with Crippen molar-refractivity contribution >= 4 is 17.7 Å². The van der Waals surface area contributed by atoms with Crippen LogP contribution >= 0.6 is 0 Å². The van der Waals surface area contributed by atoms with Crippen molar-refractivity contribution in [2.75, 3.05) is 11.9 Å². The fourth-order valence-corrected chi connectivity index (χ4v) is 4.48. The number of aryl methyl sites for hydroxylation is 1. The van der Waals surface area contributed by atoms with Gasteiger partial charge in [-0.3, -0.25) is 9.48 Å². The van der Waals surface area contributed by atoms with Gasteiger partial charge in [0.2, 0.25) is 0 Å². The second kappa shape index (κ2) is 9.86. The van der Waals surface area contributed by atoms with Crippen LogP contribution in [0.15, 0.2) is 60.8 Å². The molecule has 1 aliphatic rings. The van der Waals surface area contributed by atoms with Crippen LogP contribution in [-0.2, 0) is 26.2 Å². The van der Waals surface area contributed by atoms with E-state index in [9.17, 15) is 32.3 Å². The first-order chi connectivity index (χ1) is 18.5. The molecule has 4 aromatic rings. The minimum atomic E-state index is -4.88. The highest BCUT2D eigenvalue weighted by Gasteiger charge is 2.36. The standard InChI is InChI=1S/C27H21F4N5O3/c1-35-9-8-21(34-35)17-12-18(20(28)13-19(17)27(29,30)31)25(37)33-22-11-16-7-10-36(26(38)39)14-23(16)32-24(22)15-5-3-2-4-6-15/h2-6,8-9,11-13H,7,10,14H2,1H3,(H,33,37)(H,38,39). The summed E-state index contributed by atoms with van der Waals surface area (Å²) in [6.07, 6.45) is -4.18. The molecule has 8 nitrogen and oxygen atoms in total. The number of rotatable bonds is 4. The molecule has 2 aromatic carbocycles. The maximum Gasteiger partial charge on any atom is 0.417 e. The number of nitrogens with zero attached hydrogens (tertiary/aromatic N) is 4. The summed E-state index contributed by atoms with van der Waals surface area (Å²) in [5, 5.41) is 16.0. The average molecular weight is 539 g/mol. The highest BCUT2D eigenvalue weighted by molar-refractivity contribution is 6.07. The number of carbonyl (C=O) groups is 2. The summed E-state index contributed by atoms with van der Waals surface area (Å²) in [5.41, 5.74) is -0.0124. The van der Waals surface area contributed by atoms with Gasteiger partial charge in [0.15, 0.2) is 0 Å². The van der Waals surface area contributed by atoms with Gasteiger partial charge >= 0.3 is 12.3 Å². The lowest BCUT2D eigenvalue weighted by molar-refractivity contribution is -0.137. The maximum atomic E-state index is 15.0. The Bertz CT molecular complexity index is 1580. The summed E-state index contributed by atoms with van der Waals surface area (Å²) in [4.78, 5) is 30.6. The molecule has 0 radical (unpaired) electrons.